The number of nitrogens with zero attached hydrogens (tertiary/aromatic N) is 3. The lowest BCUT2D eigenvalue weighted by molar-refractivity contribution is 0.194. The maximum atomic E-state index is 12.5. The number of ether oxygens (including phenoxy) is 1. The van der Waals surface area contributed by atoms with Gasteiger partial charge in [0.1, 0.15) is 5.75 Å². The van der Waals surface area contributed by atoms with E-state index in [1.165, 1.54) is 21.4 Å². The molecule has 2 aromatic carbocycles. The number of methoxy groups -OCH3 is 1. The Bertz CT molecular complexity index is 1020. The number of carbonyl (C=O) groups is 1. The van der Waals surface area contributed by atoms with E-state index in [0.717, 1.165) is 35.9 Å². The highest BCUT2D eigenvalue weighted by atomic mass is 32.1. The number of rotatable bonds is 5. The van der Waals surface area contributed by atoms with Crippen LogP contribution in [-0.2, 0) is 6.42 Å². The molecule has 0 spiro atoms. The summed E-state index contributed by atoms with van der Waals surface area (Å²) in [5, 5.41) is 4.10. The second-order valence-corrected chi connectivity index (χ2v) is 8.74. The summed E-state index contributed by atoms with van der Waals surface area (Å²) >= 11 is 1.74. The van der Waals surface area contributed by atoms with E-state index >= 15 is 0 Å². The zero-order valence-electron chi connectivity index (χ0n) is 17.8. The number of carbonyl (C=O) groups excluding carboxylic acids is 1. The number of hydrogen-bond acceptors (Lipinski definition) is 5. The molecule has 6 nitrogen and oxygen atoms in total. The van der Waals surface area contributed by atoms with E-state index < -0.39 is 0 Å². The molecular formula is C23H28N4O2S. The summed E-state index contributed by atoms with van der Waals surface area (Å²) in [4.78, 5) is 21.6. The molecule has 1 fully saturated rings. The molecule has 158 valence electrons. The van der Waals surface area contributed by atoms with Crippen molar-refractivity contribution in [3.05, 3.63) is 53.1 Å². The highest BCUT2D eigenvalue weighted by Crippen LogP contribution is 2.32. The third-order valence-corrected chi connectivity index (χ3v) is 6.57. The van der Waals surface area contributed by atoms with Gasteiger partial charge in [0.15, 0.2) is 5.13 Å². The number of urea groups is 1. The number of aromatic nitrogens is 1. The molecule has 30 heavy (non-hydrogen) atoms. The first-order valence-corrected chi connectivity index (χ1v) is 11.1. The molecule has 2 amide bonds. The highest BCUT2D eigenvalue weighted by Gasteiger charge is 2.23. The summed E-state index contributed by atoms with van der Waals surface area (Å²) in [5.74, 6) is 0.846. The van der Waals surface area contributed by atoms with Crippen molar-refractivity contribution in [2.24, 2.45) is 0 Å². The zero-order valence-corrected chi connectivity index (χ0v) is 18.6. The minimum atomic E-state index is 0.0129. The number of amides is 2. The molecule has 0 radical (unpaired) electrons. The molecule has 2 heterocycles. The third kappa shape index (κ3) is 4.51. The maximum absolute atomic E-state index is 12.5. The van der Waals surface area contributed by atoms with Crippen LogP contribution in [0, 0.1) is 13.8 Å². The molecule has 0 unspecified atom stereocenters. The minimum absolute atomic E-state index is 0.0129. The fourth-order valence-electron chi connectivity index (χ4n) is 3.81. The number of thiazole rings is 1. The van der Waals surface area contributed by atoms with Crippen LogP contribution in [0.15, 0.2) is 36.4 Å². The van der Waals surface area contributed by atoms with Gasteiger partial charge < -0.3 is 19.9 Å². The van der Waals surface area contributed by atoms with Crippen LogP contribution in [0.3, 0.4) is 0 Å². The van der Waals surface area contributed by atoms with Crippen molar-refractivity contribution in [2.75, 3.05) is 44.7 Å². The van der Waals surface area contributed by atoms with Gasteiger partial charge in [0.25, 0.3) is 0 Å². The largest absolute Gasteiger partial charge is 0.497 e. The molecule has 1 saturated heterocycles. The van der Waals surface area contributed by atoms with Crippen molar-refractivity contribution in [1.82, 2.24) is 15.2 Å². The lowest BCUT2D eigenvalue weighted by Gasteiger charge is -2.34. The molecule has 1 aliphatic heterocycles. The van der Waals surface area contributed by atoms with E-state index in [1.54, 1.807) is 18.4 Å². The molecule has 1 aliphatic rings. The van der Waals surface area contributed by atoms with Gasteiger partial charge in [-0.3, -0.25) is 0 Å². The van der Waals surface area contributed by atoms with Gasteiger partial charge in [-0.2, -0.15) is 0 Å². The standard InChI is InChI=1S/C23H28N4O2S/c1-16-14-17(2)21-20(15-16)30-23(25-21)27-12-10-26(11-13-27)22(28)24-9-8-18-4-6-19(29-3)7-5-18/h4-7,14-15H,8-13H2,1-3H3,(H,24,28). The Balaban J connectivity index is 1.27. The quantitative estimate of drug-likeness (QED) is 0.673. The van der Waals surface area contributed by atoms with E-state index in [1.807, 2.05) is 29.2 Å². The Labute approximate surface area is 181 Å². The Kier molecular flexibility index (Phi) is 6.08. The van der Waals surface area contributed by atoms with E-state index in [-0.39, 0.29) is 6.03 Å². The average molecular weight is 425 g/mol. The van der Waals surface area contributed by atoms with Crippen molar-refractivity contribution in [3.8, 4) is 5.75 Å². The second kappa shape index (κ2) is 8.92. The van der Waals surface area contributed by atoms with Crippen molar-refractivity contribution in [3.63, 3.8) is 0 Å². The summed E-state index contributed by atoms with van der Waals surface area (Å²) in [5.41, 5.74) is 4.77. The van der Waals surface area contributed by atoms with Gasteiger partial charge in [0.2, 0.25) is 0 Å². The lowest BCUT2D eigenvalue weighted by Crippen LogP contribution is -2.52. The Morgan fingerprint density at radius 1 is 1.13 bits per heavy atom. The first-order valence-electron chi connectivity index (χ1n) is 10.3. The highest BCUT2D eigenvalue weighted by molar-refractivity contribution is 7.22. The first-order chi connectivity index (χ1) is 14.5. The van der Waals surface area contributed by atoms with Gasteiger partial charge in [-0.05, 0) is 55.2 Å². The van der Waals surface area contributed by atoms with Crippen LogP contribution in [-0.4, -0.2) is 55.7 Å². The molecule has 0 atom stereocenters. The molecule has 0 aliphatic carbocycles. The van der Waals surface area contributed by atoms with Crippen molar-refractivity contribution >= 4 is 32.7 Å². The molecule has 1 aromatic heterocycles. The smallest absolute Gasteiger partial charge is 0.317 e. The lowest BCUT2D eigenvalue weighted by atomic mass is 10.1. The third-order valence-electron chi connectivity index (χ3n) is 5.50. The molecule has 1 N–H and O–H groups in total. The van der Waals surface area contributed by atoms with Gasteiger partial charge in [-0.25, -0.2) is 9.78 Å². The Hall–Kier alpha value is -2.80. The van der Waals surface area contributed by atoms with Crippen LogP contribution < -0.4 is 15.0 Å². The van der Waals surface area contributed by atoms with Gasteiger partial charge in [-0.15, -0.1) is 0 Å². The number of aryl methyl sites for hydroxylation is 2. The summed E-state index contributed by atoms with van der Waals surface area (Å²) in [7, 11) is 1.66. The normalized spacial score (nSPS) is 14.2. The number of hydrogen-bond donors (Lipinski definition) is 1. The van der Waals surface area contributed by atoms with E-state index in [9.17, 15) is 4.79 Å². The zero-order chi connectivity index (χ0) is 21.1. The first kappa shape index (κ1) is 20.5. The molecule has 0 saturated carbocycles. The Morgan fingerprint density at radius 2 is 1.87 bits per heavy atom. The fraction of sp³-hybridized carbons (Fsp3) is 0.391. The van der Waals surface area contributed by atoms with Gasteiger partial charge in [0.05, 0.1) is 17.3 Å². The Morgan fingerprint density at radius 3 is 2.57 bits per heavy atom. The number of piperazine rings is 1. The topological polar surface area (TPSA) is 57.7 Å². The predicted molar refractivity (Wildman–Crippen MR) is 123 cm³/mol. The van der Waals surface area contributed by atoms with Crippen LogP contribution >= 0.6 is 11.3 Å². The number of anilines is 1. The monoisotopic (exact) mass is 424 g/mol. The van der Waals surface area contributed by atoms with E-state index in [2.05, 4.69) is 36.2 Å². The fourth-order valence-corrected chi connectivity index (χ4v) is 5.01. The van der Waals surface area contributed by atoms with Crippen molar-refractivity contribution in [1.29, 1.82) is 0 Å². The number of fused-ring (bicyclic) bond motifs is 1. The average Bonchev–Trinajstić information content (AvgIpc) is 3.19. The summed E-state index contributed by atoms with van der Waals surface area (Å²) in [6, 6.07) is 12.4. The molecule has 3 aromatic rings. The molecule has 4 rings (SSSR count). The maximum Gasteiger partial charge on any atom is 0.317 e. The molecule has 7 heteroatoms. The predicted octanol–water partition coefficient (Wildman–Crippen LogP) is 4.00. The van der Waals surface area contributed by atoms with Crippen LogP contribution in [0.2, 0.25) is 0 Å². The van der Waals surface area contributed by atoms with Crippen molar-refractivity contribution < 1.29 is 9.53 Å². The van der Waals surface area contributed by atoms with Gasteiger partial charge in [-0.1, -0.05) is 29.5 Å². The van der Waals surface area contributed by atoms with E-state index in [0.29, 0.717) is 19.6 Å². The van der Waals surface area contributed by atoms with Crippen LogP contribution in [0.5, 0.6) is 5.75 Å². The summed E-state index contributed by atoms with van der Waals surface area (Å²) < 4.78 is 6.41. The summed E-state index contributed by atoms with van der Waals surface area (Å²) in [6.07, 6.45) is 0.806. The minimum Gasteiger partial charge on any atom is -0.497 e. The van der Waals surface area contributed by atoms with Crippen LogP contribution in [0.25, 0.3) is 10.2 Å². The number of benzene rings is 2. The van der Waals surface area contributed by atoms with Crippen LogP contribution in [0.1, 0.15) is 16.7 Å². The van der Waals surface area contributed by atoms with Gasteiger partial charge >= 0.3 is 6.03 Å². The second-order valence-electron chi connectivity index (χ2n) is 7.73. The number of nitrogens with one attached hydrogen (secondary N) is 1. The summed E-state index contributed by atoms with van der Waals surface area (Å²) in [6.45, 7) is 7.91. The van der Waals surface area contributed by atoms with Crippen LogP contribution in [0.4, 0.5) is 9.93 Å². The van der Waals surface area contributed by atoms with Gasteiger partial charge in [0, 0.05) is 32.7 Å². The molecular weight excluding hydrogens is 396 g/mol. The van der Waals surface area contributed by atoms with Crippen molar-refractivity contribution in [2.45, 2.75) is 20.3 Å². The molecule has 0 bridgehead atoms. The SMILES string of the molecule is COc1ccc(CCNC(=O)N2CCN(c3nc4c(C)cc(C)cc4s3)CC2)cc1. The van der Waals surface area contributed by atoms with E-state index in [4.69, 9.17) is 9.72 Å².